The zero-order valence-corrected chi connectivity index (χ0v) is 10.6. The molecular weight excluding hydrogens is 258 g/mol. The number of primary amides is 1. The molecule has 0 aliphatic heterocycles. The van der Waals surface area contributed by atoms with Crippen molar-refractivity contribution in [2.24, 2.45) is 12.8 Å². The summed E-state index contributed by atoms with van der Waals surface area (Å²) >= 11 is 0. The van der Waals surface area contributed by atoms with Gasteiger partial charge in [0.05, 0.1) is 0 Å². The van der Waals surface area contributed by atoms with Crippen molar-refractivity contribution in [3.05, 3.63) is 42.1 Å². The van der Waals surface area contributed by atoms with Crippen LogP contribution in [0.5, 0.6) is 11.6 Å². The molecule has 0 atom stereocenters. The molecule has 7 nitrogen and oxygen atoms in total. The predicted octanol–water partition coefficient (Wildman–Crippen LogP) is 1.25. The van der Waals surface area contributed by atoms with Gasteiger partial charge in [0, 0.05) is 19.3 Å². The van der Waals surface area contributed by atoms with Gasteiger partial charge in [-0.3, -0.25) is 4.79 Å². The Morgan fingerprint density at radius 3 is 2.85 bits per heavy atom. The fourth-order valence-corrected chi connectivity index (χ4v) is 1.84. The summed E-state index contributed by atoms with van der Waals surface area (Å²) in [7, 11) is 1.74. The summed E-state index contributed by atoms with van der Waals surface area (Å²) in [6, 6.07) is 8.42. The molecule has 3 rings (SSSR count). The molecule has 1 amide bonds. The van der Waals surface area contributed by atoms with Crippen LogP contribution in [-0.2, 0) is 7.05 Å². The quantitative estimate of drug-likeness (QED) is 0.772. The molecule has 2 N–H and O–H groups in total. The molecule has 3 aromatic rings. The molecule has 20 heavy (non-hydrogen) atoms. The van der Waals surface area contributed by atoms with Gasteiger partial charge in [-0.25, -0.2) is 4.98 Å². The lowest BCUT2D eigenvalue weighted by molar-refractivity contribution is 0.0997. The zero-order valence-electron chi connectivity index (χ0n) is 10.6. The first-order chi connectivity index (χ1) is 9.63. The predicted molar refractivity (Wildman–Crippen MR) is 71.3 cm³/mol. The Morgan fingerprint density at radius 2 is 2.05 bits per heavy atom. The van der Waals surface area contributed by atoms with Crippen LogP contribution in [0.15, 0.2) is 36.5 Å². The number of carbonyl (C=O) groups excluding carboxylic acids is 1. The van der Waals surface area contributed by atoms with Crippen LogP contribution in [0.2, 0.25) is 0 Å². The number of fused-ring (bicyclic) bond motifs is 1. The fraction of sp³-hybridized carbons (Fsp3) is 0.0769. The number of ether oxygens (including phenoxy) is 1. The van der Waals surface area contributed by atoms with E-state index < -0.39 is 5.91 Å². The highest BCUT2D eigenvalue weighted by molar-refractivity contribution is 5.95. The van der Waals surface area contributed by atoms with Crippen molar-refractivity contribution in [1.82, 2.24) is 20.0 Å². The molecule has 0 saturated heterocycles. The highest BCUT2D eigenvalue weighted by Crippen LogP contribution is 2.24. The Morgan fingerprint density at radius 1 is 1.25 bits per heavy atom. The lowest BCUT2D eigenvalue weighted by atomic mass is 10.2. The van der Waals surface area contributed by atoms with E-state index in [0.717, 1.165) is 5.52 Å². The van der Waals surface area contributed by atoms with Crippen molar-refractivity contribution in [1.29, 1.82) is 0 Å². The van der Waals surface area contributed by atoms with Crippen LogP contribution in [0.4, 0.5) is 0 Å². The third-order valence-corrected chi connectivity index (χ3v) is 2.70. The average Bonchev–Trinajstić information content (AvgIpc) is 2.78. The van der Waals surface area contributed by atoms with E-state index in [9.17, 15) is 4.79 Å². The van der Waals surface area contributed by atoms with Gasteiger partial charge in [-0.05, 0) is 24.3 Å². The number of hydrogen-bond donors (Lipinski definition) is 1. The first kappa shape index (κ1) is 12.1. The van der Waals surface area contributed by atoms with Crippen molar-refractivity contribution in [3.8, 4) is 11.6 Å². The Kier molecular flexibility index (Phi) is 2.79. The van der Waals surface area contributed by atoms with E-state index in [1.165, 1.54) is 11.0 Å². The number of hydrogen-bond acceptors (Lipinski definition) is 5. The van der Waals surface area contributed by atoms with E-state index in [1.807, 2.05) is 0 Å². The molecule has 0 spiro atoms. The summed E-state index contributed by atoms with van der Waals surface area (Å²) in [5.74, 6) is 0.0936. The second kappa shape index (κ2) is 4.61. The minimum Gasteiger partial charge on any atom is -0.438 e. The summed E-state index contributed by atoms with van der Waals surface area (Å²) in [4.78, 5) is 16.8. The Balaban J connectivity index is 1.98. The van der Waals surface area contributed by atoms with Crippen LogP contribution in [-0.4, -0.2) is 25.9 Å². The molecule has 0 unspecified atom stereocenters. The van der Waals surface area contributed by atoms with Crippen LogP contribution in [0.3, 0.4) is 0 Å². The minimum absolute atomic E-state index is 0.170. The highest BCUT2D eigenvalue weighted by atomic mass is 16.5. The van der Waals surface area contributed by atoms with E-state index in [-0.39, 0.29) is 11.4 Å². The number of aromatic nitrogens is 4. The Hall–Kier alpha value is -2.96. The first-order valence-electron chi connectivity index (χ1n) is 5.87. The topological polar surface area (TPSA) is 95.9 Å². The molecule has 7 heteroatoms. The Bertz CT molecular complexity index is 796. The molecule has 2 aromatic heterocycles. The second-order valence-electron chi connectivity index (χ2n) is 4.16. The van der Waals surface area contributed by atoms with Crippen LogP contribution in [0.1, 0.15) is 10.4 Å². The van der Waals surface area contributed by atoms with Crippen LogP contribution in [0, 0.1) is 0 Å². The Labute approximate surface area is 114 Å². The van der Waals surface area contributed by atoms with Gasteiger partial charge < -0.3 is 10.5 Å². The van der Waals surface area contributed by atoms with Gasteiger partial charge in [0.1, 0.15) is 22.3 Å². The van der Waals surface area contributed by atoms with E-state index in [2.05, 4.69) is 15.2 Å². The van der Waals surface area contributed by atoms with Crippen LogP contribution in [0.25, 0.3) is 11.0 Å². The van der Waals surface area contributed by atoms with Gasteiger partial charge in [0.25, 0.3) is 5.91 Å². The molecule has 0 fully saturated rings. The van der Waals surface area contributed by atoms with Gasteiger partial charge in [-0.1, -0.05) is 0 Å². The molecule has 0 aliphatic rings. The number of pyridine rings is 1. The van der Waals surface area contributed by atoms with Crippen LogP contribution < -0.4 is 10.5 Å². The average molecular weight is 269 g/mol. The normalized spacial score (nSPS) is 10.7. The largest absolute Gasteiger partial charge is 0.438 e. The number of carbonyl (C=O) groups is 1. The number of rotatable bonds is 3. The third-order valence-electron chi connectivity index (χ3n) is 2.70. The smallest absolute Gasteiger partial charge is 0.254 e. The van der Waals surface area contributed by atoms with Gasteiger partial charge in [-0.15, -0.1) is 0 Å². The second-order valence-corrected chi connectivity index (χ2v) is 4.16. The minimum atomic E-state index is -0.589. The summed E-state index contributed by atoms with van der Waals surface area (Å²) in [5.41, 5.74) is 6.96. The van der Waals surface area contributed by atoms with E-state index in [0.29, 0.717) is 11.3 Å². The summed E-state index contributed by atoms with van der Waals surface area (Å²) < 4.78 is 5.60. The monoisotopic (exact) mass is 269 g/mol. The molecule has 0 aliphatic carbocycles. The highest BCUT2D eigenvalue weighted by Gasteiger charge is 2.11. The molecule has 100 valence electrons. The van der Waals surface area contributed by atoms with Crippen molar-refractivity contribution in [2.75, 3.05) is 0 Å². The van der Waals surface area contributed by atoms with E-state index in [1.54, 1.807) is 37.4 Å². The van der Waals surface area contributed by atoms with Crippen LogP contribution >= 0.6 is 0 Å². The first-order valence-corrected chi connectivity index (χ1v) is 5.87. The van der Waals surface area contributed by atoms with Gasteiger partial charge in [0.15, 0.2) is 0 Å². The molecule has 1 aromatic carbocycles. The van der Waals surface area contributed by atoms with E-state index >= 15 is 0 Å². The van der Waals surface area contributed by atoms with Crippen molar-refractivity contribution in [2.45, 2.75) is 0 Å². The summed E-state index contributed by atoms with van der Waals surface area (Å²) in [5, 5.41) is 8.35. The number of benzene rings is 1. The van der Waals surface area contributed by atoms with Crippen molar-refractivity contribution >= 4 is 16.9 Å². The standard InChI is InChI=1S/C13H11N5O2/c1-18-16-10-5-4-8(7-11(10)17-18)20-13-9(12(14)19)3-2-6-15-13/h2-7H,1H3,(H2,14,19). The fourth-order valence-electron chi connectivity index (χ4n) is 1.84. The molecule has 0 bridgehead atoms. The zero-order chi connectivity index (χ0) is 14.1. The SMILES string of the molecule is Cn1nc2ccc(Oc3ncccc3C(N)=O)cc2n1. The molecule has 0 saturated carbocycles. The van der Waals surface area contributed by atoms with Gasteiger partial charge >= 0.3 is 0 Å². The molecule has 2 heterocycles. The summed E-state index contributed by atoms with van der Waals surface area (Å²) in [6.07, 6.45) is 1.53. The summed E-state index contributed by atoms with van der Waals surface area (Å²) in [6.45, 7) is 0. The lowest BCUT2D eigenvalue weighted by Gasteiger charge is -2.07. The van der Waals surface area contributed by atoms with Gasteiger partial charge in [-0.2, -0.15) is 15.0 Å². The third kappa shape index (κ3) is 2.16. The van der Waals surface area contributed by atoms with Crippen molar-refractivity contribution in [3.63, 3.8) is 0 Å². The number of nitrogens with two attached hydrogens (primary N) is 1. The maximum absolute atomic E-state index is 11.3. The maximum atomic E-state index is 11.3. The number of nitrogens with zero attached hydrogens (tertiary/aromatic N) is 4. The lowest BCUT2D eigenvalue weighted by Crippen LogP contribution is -2.12. The van der Waals surface area contributed by atoms with Crippen molar-refractivity contribution < 1.29 is 9.53 Å². The maximum Gasteiger partial charge on any atom is 0.254 e. The number of amides is 1. The van der Waals surface area contributed by atoms with E-state index in [4.69, 9.17) is 10.5 Å². The number of aryl methyl sites for hydroxylation is 1. The molecular formula is C13H11N5O2. The molecule has 0 radical (unpaired) electrons. The van der Waals surface area contributed by atoms with Gasteiger partial charge in [0.2, 0.25) is 5.88 Å².